The molecule has 0 radical (unpaired) electrons. The van der Waals surface area contributed by atoms with Gasteiger partial charge in [0.2, 0.25) is 0 Å². The van der Waals surface area contributed by atoms with E-state index in [9.17, 15) is 20.1 Å². The summed E-state index contributed by atoms with van der Waals surface area (Å²) < 4.78 is 5.43. The summed E-state index contributed by atoms with van der Waals surface area (Å²) in [5, 5.41) is 19.6. The predicted molar refractivity (Wildman–Crippen MR) is 122 cm³/mol. The van der Waals surface area contributed by atoms with E-state index in [2.05, 4.69) is 16.0 Å². The van der Waals surface area contributed by atoms with Crippen molar-refractivity contribution in [3.05, 3.63) is 39.7 Å². The third-order valence-electron chi connectivity index (χ3n) is 4.87. The standard InChI is InChI=1S/C22H24N6O3S/c1-22(2,3)31-21(30)28-9-7-27(8-10-28)17-6-5-14(11-15(17)12-23)18-16(13-24)19(29)26-20(25-18)32-4/h5-6,11H,7-10H2,1-4H3,(H,25,26,29). The van der Waals surface area contributed by atoms with E-state index in [1.807, 2.05) is 31.7 Å². The number of amides is 1. The number of benzene rings is 1. The maximum absolute atomic E-state index is 12.3. The Bertz CT molecular complexity index is 1160. The van der Waals surface area contributed by atoms with Crippen LogP contribution in [0.2, 0.25) is 0 Å². The minimum atomic E-state index is -0.552. The quantitative estimate of drug-likeness (QED) is 0.556. The van der Waals surface area contributed by atoms with Crippen molar-refractivity contribution in [3.63, 3.8) is 0 Å². The summed E-state index contributed by atoms with van der Waals surface area (Å²) in [6.07, 6.45) is 1.43. The fraction of sp³-hybridized carbons (Fsp3) is 0.409. The molecular formula is C22H24N6O3S. The lowest BCUT2D eigenvalue weighted by Crippen LogP contribution is -2.50. The summed E-state index contributed by atoms with van der Waals surface area (Å²) in [5.41, 5.74) is 0.754. The van der Waals surface area contributed by atoms with Crippen LogP contribution in [0.5, 0.6) is 0 Å². The molecule has 1 aliphatic rings. The van der Waals surface area contributed by atoms with Crippen molar-refractivity contribution in [2.75, 3.05) is 37.3 Å². The molecule has 1 amide bonds. The molecule has 1 saturated heterocycles. The van der Waals surface area contributed by atoms with Crippen molar-refractivity contribution in [1.82, 2.24) is 14.9 Å². The number of anilines is 1. The number of nitriles is 2. The van der Waals surface area contributed by atoms with Crippen LogP contribution in [0.1, 0.15) is 31.9 Å². The Kier molecular flexibility index (Phi) is 6.75. The van der Waals surface area contributed by atoms with Gasteiger partial charge in [0.1, 0.15) is 23.3 Å². The molecule has 1 aromatic heterocycles. The minimum absolute atomic E-state index is 0.0922. The van der Waals surface area contributed by atoms with Gasteiger partial charge in [-0.15, -0.1) is 0 Å². The van der Waals surface area contributed by atoms with Crippen LogP contribution in [-0.4, -0.2) is 59.0 Å². The first kappa shape index (κ1) is 23.2. The minimum Gasteiger partial charge on any atom is -0.444 e. The van der Waals surface area contributed by atoms with Crippen LogP contribution in [0.4, 0.5) is 10.5 Å². The summed E-state index contributed by atoms with van der Waals surface area (Å²) in [7, 11) is 0. The molecule has 1 fully saturated rings. The lowest BCUT2D eigenvalue weighted by atomic mass is 10.0. The highest BCUT2D eigenvalue weighted by molar-refractivity contribution is 7.98. The van der Waals surface area contributed by atoms with E-state index in [1.165, 1.54) is 11.8 Å². The van der Waals surface area contributed by atoms with Gasteiger partial charge >= 0.3 is 6.09 Å². The van der Waals surface area contributed by atoms with Crippen LogP contribution >= 0.6 is 11.8 Å². The Labute approximate surface area is 190 Å². The highest BCUT2D eigenvalue weighted by atomic mass is 32.2. The Balaban J connectivity index is 1.85. The van der Waals surface area contributed by atoms with Crippen molar-refractivity contribution in [1.29, 1.82) is 10.5 Å². The van der Waals surface area contributed by atoms with Crippen LogP contribution in [0, 0.1) is 22.7 Å². The number of H-pyrrole nitrogens is 1. The fourth-order valence-electron chi connectivity index (χ4n) is 3.37. The lowest BCUT2D eigenvalue weighted by molar-refractivity contribution is 0.0240. The van der Waals surface area contributed by atoms with Crippen LogP contribution < -0.4 is 10.5 Å². The smallest absolute Gasteiger partial charge is 0.410 e. The number of rotatable bonds is 3. The van der Waals surface area contributed by atoms with Crippen LogP contribution in [0.15, 0.2) is 28.2 Å². The molecule has 0 bridgehead atoms. The van der Waals surface area contributed by atoms with Gasteiger partial charge in [-0.2, -0.15) is 10.5 Å². The summed E-state index contributed by atoms with van der Waals surface area (Å²) in [5.74, 6) is 0. The van der Waals surface area contributed by atoms with E-state index in [1.54, 1.807) is 29.4 Å². The third kappa shape index (κ3) is 5.04. The number of hydrogen-bond acceptors (Lipinski definition) is 8. The second kappa shape index (κ2) is 9.33. The van der Waals surface area contributed by atoms with Crippen molar-refractivity contribution < 1.29 is 9.53 Å². The Morgan fingerprint density at radius 1 is 1.19 bits per heavy atom. The number of thioether (sulfide) groups is 1. The molecule has 1 aromatic carbocycles. The summed E-state index contributed by atoms with van der Waals surface area (Å²) >= 11 is 1.26. The van der Waals surface area contributed by atoms with Crippen LogP contribution in [0.3, 0.4) is 0 Å². The summed E-state index contributed by atoms with van der Waals surface area (Å²) in [6.45, 7) is 7.55. The van der Waals surface area contributed by atoms with Crippen LogP contribution in [0.25, 0.3) is 11.3 Å². The molecule has 2 heterocycles. The molecule has 10 heteroatoms. The van der Waals surface area contributed by atoms with Crippen molar-refractivity contribution in [2.45, 2.75) is 31.5 Å². The van der Waals surface area contributed by atoms with Crippen LogP contribution in [-0.2, 0) is 4.74 Å². The van der Waals surface area contributed by atoms with E-state index in [4.69, 9.17) is 4.74 Å². The predicted octanol–water partition coefficient (Wildman–Crippen LogP) is 2.96. The number of carbonyl (C=O) groups excluding carboxylic acids is 1. The molecule has 3 rings (SSSR count). The molecule has 2 aromatic rings. The number of piperazine rings is 1. The van der Waals surface area contributed by atoms with E-state index in [0.717, 1.165) is 5.69 Å². The summed E-state index contributed by atoms with van der Waals surface area (Å²) in [4.78, 5) is 35.1. The zero-order chi connectivity index (χ0) is 23.5. The van der Waals surface area contributed by atoms with Gasteiger partial charge in [-0.3, -0.25) is 4.79 Å². The molecule has 1 aliphatic heterocycles. The van der Waals surface area contributed by atoms with E-state index >= 15 is 0 Å². The number of carbonyl (C=O) groups is 1. The maximum atomic E-state index is 12.3. The van der Waals surface area contributed by atoms with Gasteiger partial charge in [0.25, 0.3) is 5.56 Å². The molecular weight excluding hydrogens is 428 g/mol. The lowest BCUT2D eigenvalue weighted by Gasteiger charge is -2.37. The van der Waals surface area contributed by atoms with E-state index < -0.39 is 11.2 Å². The van der Waals surface area contributed by atoms with Gasteiger partial charge in [-0.1, -0.05) is 17.8 Å². The number of nitrogens with zero attached hydrogens (tertiary/aromatic N) is 5. The third-order valence-corrected chi connectivity index (χ3v) is 5.45. The Morgan fingerprint density at radius 2 is 1.88 bits per heavy atom. The largest absolute Gasteiger partial charge is 0.444 e. The molecule has 1 N–H and O–H groups in total. The Hall–Kier alpha value is -3.50. The normalized spacial score (nSPS) is 13.9. The van der Waals surface area contributed by atoms with Gasteiger partial charge in [-0.05, 0) is 39.2 Å². The fourth-order valence-corrected chi connectivity index (χ4v) is 3.74. The molecule has 0 unspecified atom stereocenters. The first-order valence-corrected chi connectivity index (χ1v) is 11.2. The average molecular weight is 453 g/mol. The molecule has 166 valence electrons. The van der Waals surface area contributed by atoms with E-state index in [0.29, 0.717) is 42.5 Å². The molecule has 9 nitrogen and oxygen atoms in total. The highest BCUT2D eigenvalue weighted by Crippen LogP contribution is 2.29. The monoisotopic (exact) mass is 452 g/mol. The number of aromatic nitrogens is 2. The topological polar surface area (TPSA) is 126 Å². The zero-order valence-corrected chi connectivity index (χ0v) is 19.2. The van der Waals surface area contributed by atoms with Crippen molar-refractivity contribution >= 4 is 23.5 Å². The second-order valence-electron chi connectivity index (χ2n) is 8.21. The number of hydrogen-bond donors (Lipinski definition) is 1. The van der Waals surface area contributed by atoms with Gasteiger partial charge in [-0.25, -0.2) is 9.78 Å². The molecule has 0 spiro atoms. The van der Waals surface area contributed by atoms with Gasteiger partial charge in [0.05, 0.1) is 16.9 Å². The average Bonchev–Trinajstić information content (AvgIpc) is 2.77. The molecule has 32 heavy (non-hydrogen) atoms. The molecule has 0 atom stereocenters. The van der Waals surface area contributed by atoms with Crippen molar-refractivity contribution in [3.8, 4) is 23.4 Å². The van der Waals surface area contributed by atoms with Gasteiger partial charge in [0, 0.05) is 31.7 Å². The first-order chi connectivity index (χ1) is 15.2. The molecule has 0 saturated carbocycles. The van der Waals surface area contributed by atoms with Gasteiger partial charge in [0.15, 0.2) is 5.16 Å². The zero-order valence-electron chi connectivity index (χ0n) is 18.4. The summed E-state index contributed by atoms with van der Waals surface area (Å²) in [6, 6.07) is 9.29. The number of nitrogens with one attached hydrogen (secondary N) is 1. The van der Waals surface area contributed by atoms with E-state index in [-0.39, 0.29) is 17.4 Å². The van der Waals surface area contributed by atoms with Gasteiger partial charge < -0.3 is 19.5 Å². The second-order valence-corrected chi connectivity index (χ2v) is 9.00. The SMILES string of the molecule is CSc1nc(-c2ccc(N3CCN(C(=O)OC(C)(C)C)CC3)c(C#N)c2)c(C#N)c(=O)[nH]1. The number of aromatic amines is 1. The Morgan fingerprint density at radius 3 is 2.44 bits per heavy atom. The maximum Gasteiger partial charge on any atom is 0.410 e. The highest BCUT2D eigenvalue weighted by Gasteiger charge is 2.27. The number of ether oxygens (including phenoxy) is 1. The first-order valence-electron chi connectivity index (χ1n) is 10.0. The van der Waals surface area contributed by atoms with Crippen molar-refractivity contribution in [2.24, 2.45) is 0 Å². The molecule has 0 aliphatic carbocycles.